The molecule has 1 aliphatic heterocycles. The van der Waals surface area contributed by atoms with Gasteiger partial charge in [-0.2, -0.15) is 0 Å². The fraction of sp³-hybridized carbons (Fsp3) is 1.00. The first kappa shape index (κ1) is 7.07. The topological polar surface area (TPSA) is 12.0 Å². The number of rotatable bonds is 1. The van der Waals surface area contributed by atoms with Gasteiger partial charge in [-0.1, -0.05) is 20.3 Å². The van der Waals surface area contributed by atoms with Crippen molar-refractivity contribution >= 4 is 0 Å². The van der Waals surface area contributed by atoms with Crippen molar-refractivity contribution in [3.05, 3.63) is 0 Å². The summed E-state index contributed by atoms with van der Waals surface area (Å²) in [4.78, 5) is 0. The van der Waals surface area contributed by atoms with Gasteiger partial charge in [0, 0.05) is 0 Å². The molecule has 0 aromatic rings. The highest BCUT2D eigenvalue weighted by atomic mass is 14.9. The molecule has 1 saturated heterocycles. The number of nitrogens with one attached hydrogen (secondary N) is 1. The van der Waals surface area contributed by atoms with Crippen LogP contribution in [0.15, 0.2) is 0 Å². The molecule has 54 valence electrons. The van der Waals surface area contributed by atoms with Gasteiger partial charge in [0.1, 0.15) is 0 Å². The molecular formula is C8H17N. The molecule has 0 aromatic carbocycles. The van der Waals surface area contributed by atoms with Crippen LogP contribution in [0.1, 0.15) is 26.7 Å². The summed E-state index contributed by atoms with van der Waals surface area (Å²) in [6.45, 7) is 7.12. The minimum atomic E-state index is 0.906. The van der Waals surface area contributed by atoms with Gasteiger partial charge in [-0.25, -0.2) is 0 Å². The Bertz CT molecular complexity index is 80.6. The molecule has 1 fully saturated rings. The SMILES string of the molecule is CC[C@@H]1CCNC[C@@H]1C. The molecule has 0 radical (unpaired) electrons. The maximum Gasteiger partial charge on any atom is -0.00205 e. The van der Waals surface area contributed by atoms with Crippen molar-refractivity contribution < 1.29 is 0 Å². The molecule has 0 saturated carbocycles. The summed E-state index contributed by atoms with van der Waals surface area (Å²) in [6.07, 6.45) is 2.75. The Kier molecular flexibility index (Phi) is 2.52. The monoisotopic (exact) mass is 127 g/mol. The average molecular weight is 127 g/mol. The summed E-state index contributed by atoms with van der Waals surface area (Å²) in [5.41, 5.74) is 0. The van der Waals surface area contributed by atoms with Gasteiger partial charge in [0.25, 0.3) is 0 Å². The van der Waals surface area contributed by atoms with E-state index in [1.165, 1.54) is 25.9 Å². The standard InChI is InChI=1S/C8H17N/c1-3-8-4-5-9-6-7(8)2/h7-9H,3-6H2,1-2H3/t7-,8+/m0/s1. The third kappa shape index (κ3) is 1.68. The van der Waals surface area contributed by atoms with E-state index in [2.05, 4.69) is 19.2 Å². The van der Waals surface area contributed by atoms with Crippen LogP contribution >= 0.6 is 0 Å². The first-order chi connectivity index (χ1) is 4.34. The summed E-state index contributed by atoms with van der Waals surface area (Å²) < 4.78 is 0. The van der Waals surface area contributed by atoms with Crippen molar-refractivity contribution in [1.82, 2.24) is 5.32 Å². The number of piperidine rings is 1. The van der Waals surface area contributed by atoms with Gasteiger partial charge in [-0.05, 0) is 31.3 Å². The van der Waals surface area contributed by atoms with Gasteiger partial charge in [-0.15, -0.1) is 0 Å². The van der Waals surface area contributed by atoms with Gasteiger partial charge in [-0.3, -0.25) is 0 Å². The Labute approximate surface area is 57.8 Å². The van der Waals surface area contributed by atoms with Gasteiger partial charge >= 0.3 is 0 Å². The van der Waals surface area contributed by atoms with Crippen LogP contribution in [0, 0.1) is 11.8 Å². The maximum absolute atomic E-state index is 3.40. The molecule has 1 heterocycles. The highest BCUT2D eigenvalue weighted by molar-refractivity contribution is 4.73. The largest absolute Gasteiger partial charge is 0.316 e. The molecule has 9 heavy (non-hydrogen) atoms. The van der Waals surface area contributed by atoms with E-state index in [4.69, 9.17) is 0 Å². The van der Waals surface area contributed by atoms with Gasteiger partial charge in [0.2, 0.25) is 0 Å². The summed E-state index contributed by atoms with van der Waals surface area (Å²) in [5, 5.41) is 3.40. The van der Waals surface area contributed by atoms with Crippen LogP contribution in [0.5, 0.6) is 0 Å². The molecule has 2 atom stereocenters. The average Bonchev–Trinajstić information content (AvgIpc) is 1.89. The zero-order chi connectivity index (χ0) is 6.69. The second kappa shape index (κ2) is 3.21. The minimum absolute atomic E-state index is 0.906. The molecule has 1 heteroatoms. The predicted octanol–water partition coefficient (Wildman–Crippen LogP) is 1.64. The van der Waals surface area contributed by atoms with E-state index in [-0.39, 0.29) is 0 Å². The van der Waals surface area contributed by atoms with E-state index in [0.717, 1.165) is 11.8 Å². The molecule has 0 aliphatic carbocycles. The lowest BCUT2D eigenvalue weighted by Gasteiger charge is -2.28. The quantitative estimate of drug-likeness (QED) is 0.564. The Hall–Kier alpha value is -0.0400. The van der Waals surface area contributed by atoms with E-state index in [1.807, 2.05) is 0 Å². The van der Waals surface area contributed by atoms with Crippen LogP contribution < -0.4 is 5.32 Å². The molecule has 1 rings (SSSR count). The van der Waals surface area contributed by atoms with E-state index >= 15 is 0 Å². The lowest BCUT2D eigenvalue weighted by Crippen LogP contribution is -2.34. The summed E-state index contributed by atoms with van der Waals surface area (Å²) in [7, 11) is 0. The Morgan fingerprint density at radius 3 is 2.78 bits per heavy atom. The lowest BCUT2D eigenvalue weighted by molar-refractivity contribution is 0.266. The molecular weight excluding hydrogens is 110 g/mol. The van der Waals surface area contributed by atoms with Gasteiger partial charge in [0.15, 0.2) is 0 Å². The van der Waals surface area contributed by atoms with E-state index in [1.54, 1.807) is 0 Å². The van der Waals surface area contributed by atoms with Crippen LogP contribution in [0.2, 0.25) is 0 Å². The van der Waals surface area contributed by atoms with Crippen molar-refractivity contribution in [2.75, 3.05) is 13.1 Å². The molecule has 0 bridgehead atoms. The predicted molar refractivity (Wildman–Crippen MR) is 40.4 cm³/mol. The van der Waals surface area contributed by atoms with Crippen molar-refractivity contribution in [3.63, 3.8) is 0 Å². The summed E-state index contributed by atoms with van der Waals surface area (Å²) >= 11 is 0. The molecule has 0 aromatic heterocycles. The van der Waals surface area contributed by atoms with Crippen molar-refractivity contribution in [2.24, 2.45) is 11.8 Å². The first-order valence-electron chi connectivity index (χ1n) is 4.05. The first-order valence-corrected chi connectivity index (χ1v) is 4.05. The van der Waals surface area contributed by atoms with E-state index in [0.29, 0.717) is 0 Å². The summed E-state index contributed by atoms with van der Waals surface area (Å²) in [5.74, 6) is 1.90. The Morgan fingerprint density at radius 2 is 2.33 bits per heavy atom. The summed E-state index contributed by atoms with van der Waals surface area (Å²) in [6, 6.07) is 0. The van der Waals surface area contributed by atoms with Crippen LogP contribution in [0.4, 0.5) is 0 Å². The molecule has 0 amide bonds. The van der Waals surface area contributed by atoms with Gasteiger partial charge in [0.05, 0.1) is 0 Å². The smallest absolute Gasteiger partial charge is 0.00205 e. The molecule has 1 N–H and O–H groups in total. The Morgan fingerprint density at radius 1 is 1.56 bits per heavy atom. The normalized spacial score (nSPS) is 36.7. The van der Waals surface area contributed by atoms with Crippen molar-refractivity contribution in [3.8, 4) is 0 Å². The third-order valence-electron chi connectivity index (χ3n) is 2.49. The molecule has 0 spiro atoms. The van der Waals surface area contributed by atoms with Crippen molar-refractivity contribution in [1.29, 1.82) is 0 Å². The zero-order valence-electron chi connectivity index (χ0n) is 6.48. The third-order valence-corrected chi connectivity index (χ3v) is 2.49. The zero-order valence-corrected chi connectivity index (χ0v) is 6.48. The number of hydrogen-bond donors (Lipinski definition) is 1. The lowest BCUT2D eigenvalue weighted by atomic mass is 9.86. The van der Waals surface area contributed by atoms with Crippen molar-refractivity contribution in [2.45, 2.75) is 26.7 Å². The maximum atomic E-state index is 3.40. The van der Waals surface area contributed by atoms with E-state index < -0.39 is 0 Å². The van der Waals surface area contributed by atoms with Crippen LogP contribution in [-0.4, -0.2) is 13.1 Å². The van der Waals surface area contributed by atoms with Crippen LogP contribution in [-0.2, 0) is 0 Å². The molecule has 0 unspecified atom stereocenters. The van der Waals surface area contributed by atoms with Crippen LogP contribution in [0.25, 0.3) is 0 Å². The second-order valence-corrected chi connectivity index (χ2v) is 3.14. The fourth-order valence-electron chi connectivity index (χ4n) is 1.67. The minimum Gasteiger partial charge on any atom is -0.316 e. The Balaban J connectivity index is 2.30. The second-order valence-electron chi connectivity index (χ2n) is 3.14. The van der Waals surface area contributed by atoms with Gasteiger partial charge < -0.3 is 5.32 Å². The number of hydrogen-bond acceptors (Lipinski definition) is 1. The molecule has 1 nitrogen and oxygen atoms in total. The van der Waals surface area contributed by atoms with E-state index in [9.17, 15) is 0 Å². The fourth-order valence-corrected chi connectivity index (χ4v) is 1.67. The highest BCUT2D eigenvalue weighted by Gasteiger charge is 2.18. The van der Waals surface area contributed by atoms with Crippen LogP contribution in [0.3, 0.4) is 0 Å². The molecule has 1 aliphatic rings. The highest BCUT2D eigenvalue weighted by Crippen LogP contribution is 2.20.